The van der Waals surface area contributed by atoms with Crippen molar-refractivity contribution >= 4 is 21.6 Å². The first-order valence-corrected chi connectivity index (χ1v) is 11.8. The highest BCUT2D eigenvalue weighted by Crippen LogP contribution is 2.21. The lowest BCUT2D eigenvalue weighted by molar-refractivity contribution is 0.0950. The van der Waals surface area contributed by atoms with Gasteiger partial charge in [0.25, 0.3) is 15.9 Å². The van der Waals surface area contributed by atoms with E-state index in [1.54, 1.807) is 43.6 Å². The maximum atomic E-state index is 13.0. The van der Waals surface area contributed by atoms with E-state index in [0.717, 1.165) is 24.8 Å². The number of nitrogens with one attached hydrogen (secondary N) is 2. The molecule has 0 aliphatic carbocycles. The van der Waals surface area contributed by atoms with E-state index >= 15 is 0 Å². The molecule has 0 unspecified atom stereocenters. The van der Waals surface area contributed by atoms with E-state index in [-0.39, 0.29) is 16.4 Å². The molecular formula is C24H27N3O3S. The zero-order valence-electron chi connectivity index (χ0n) is 17.8. The summed E-state index contributed by atoms with van der Waals surface area (Å²) < 4.78 is 28.6. The molecule has 3 rings (SSSR count). The van der Waals surface area contributed by atoms with Gasteiger partial charge in [-0.05, 0) is 72.9 Å². The van der Waals surface area contributed by atoms with Crippen molar-refractivity contribution in [3.8, 4) is 0 Å². The average molecular weight is 438 g/mol. The van der Waals surface area contributed by atoms with Crippen LogP contribution in [0.4, 0.5) is 5.69 Å². The first-order valence-electron chi connectivity index (χ1n) is 10.3. The van der Waals surface area contributed by atoms with E-state index in [0.29, 0.717) is 17.8 Å². The van der Waals surface area contributed by atoms with Crippen LogP contribution in [0, 0.1) is 6.92 Å². The summed E-state index contributed by atoms with van der Waals surface area (Å²) in [5, 5.41) is 2.80. The molecule has 2 aromatic carbocycles. The fraction of sp³-hybridized carbons (Fsp3) is 0.250. The molecule has 1 aromatic heterocycles. The monoisotopic (exact) mass is 437 g/mol. The van der Waals surface area contributed by atoms with Gasteiger partial charge in [-0.25, -0.2) is 8.42 Å². The topological polar surface area (TPSA) is 88.2 Å². The SMILES string of the molecule is CCCCc1ccc(NS(=O)(=O)c2cc(C(=O)NCc3ccncc3)ccc2C)cc1. The summed E-state index contributed by atoms with van der Waals surface area (Å²) in [6, 6.07) is 15.7. The number of sulfonamides is 1. The first-order chi connectivity index (χ1) is 14.9. The number of anilines is 1. The van der Waals surface area contributed by atoms with Crippen molar-refractivity contribution < 1.29 is 13.2 Å². The summed E-state index contributed by atoms with van der Waals surface area (Å²) in [5.74, 6) is -0.339. The summed E-state index contributed by atoms with van der Waals surface area (Å²) >= 11 is 0. The number of nitrogens with zero attached hydrogens (tertiary/aromatic N) is 1. The minimum Gasteiger partial charge on any atom is -0.348 e. The highest BCUT2D eigenvalue weighted by Gasteiger charge is 2.19. The van der Waals surface area contributed by atoms with Crippen molar-refractivity contribution in [2.75, 3.05) is 4.72 Å². The van der Waals surface area contributed by atoms with Gasteiger partial charge in [0, 0.05) is 30.2 Å². The molecule has 0 radical (unpaired) electrons. The number of rotatable bonds is 9. The van der Waals surface area contributed by atoms with Crippen molar-refractivity contribution in [2.24, 2.45) is 0 Å². The molecule has 0 aliphatic rings. The van der Waals surface area contributed by atoms with Crippen molar-refractivity contribution in [1.29, 1.82) is 0 Å². The van der Waals surface area contributed by atoms with Crippen LogP contribution in [0.1, 0.15) is 46.8 Å². The Morgan fingerprint density at radius 2 is 1.68 bits per heavy atom. The minimum atomic E-state index is -3.84. The molecule has 0 fully saturated rings. The molecule has 1 amide bonds. The van der Waals surface area contributed by atoms with Gasteiger partial charge in [0.1, 0.15) is 0 Å². The van der Waals surface area contributed by atoms with Gasteiger partial charge in [-0.1, -0.05) is 31.5 Å². The Morgan fingerprint density at radius 3 is 2.35 bits per heavy atom. The summed E-state index contributed by atoms with van der Waals surface area (Å²) in [6.45, 7) is 4.18. The van der Waals surface area contributed by atoms with Crippen molar-refractivity contribution in [1.82, 2.24) is 10.3 Å². The fourth-order valence-electron chi connectivity index (χ4n) is 3.15. The predicted molar refractivity (Wildman–Crippen MR) is 122 cm³/mol. The lowest BCUT2D eigenvalue weighted by atomic mass is 10.1. The highest BCUT2D eigenvalue weighted by atomic mass is 32.2. The largest absolute Gasteiger partial charge is 0.348 e. The smallest absolute Gasteiger partial charge is 0.262 e. The molecule has 7 heteroatoms. The molecule has 2 N–H and O–H groups in total. The van der Waals surface area contributed by atoms with E-state index in [1.807, 2.05) is 24.3 Å². The van der Waals surface area contributed by atoms with Gasteiger partial charge in [-0.15, -0.1) is 0 Å². The van der Waals surface area contributed by atoms with E-state index in [9.17, 15) is 13.2 Å². The molecule has 31 heavy (non-hydrogen) atoms. The number of aromatic nitrogens is 1. The Labute approximate surface area is 183 Å². The predicted octanol–water partition coefficient (Wildman–Crippen LogP) is 4.46. The molecule has 0 saturated heterocycles. The zero-order chi connectivity index (χ0) is 22.3. The van der Waals surface area contributed by atoms with Gasteiger partial charge in [-0.3, -0.25) is 14.5 Å². The van der Waals surface area contributed by atoms with E-state index in [1.165, 1.54) is 11.6 Å². The third-order valence-electron chi connectivity index (χ3n) is 4.97. The second-order valence-electron chi connectivity index (χ2n) is 7.42. The van der Waals surface area contributed by atoms with Gasteiger partial charge >= 0.3 is 0 Å². The van der Waals surface area contributed by atoms with Gasteiger partial charge in [-0.2, -0.15) is 0 Å². The molecule has 0 atom stereocenters. The normalized spacial score (nSPS) is 11.2. The number of benzene rings is 2. The maximum absolute atomic E-state index is 13.0. The van der Waals surface area contributed by atoms with Crippen molar-refractivity contribution in [3.05, 3.63) is 89.2 Å². The summed E-state index contributed by atoms with van der Waals surface area (Å²) in [5.41, 5.74) is 3.43. The number of amides is 1. The lowest BCUT2D eigenvalue weighted by Crippen LogP contribution is -2.23. The van der Waals surface area contributed by atoms with Gasteiger partial charge in [0.05, 0.1) is 4.90 Å². The quantitative estimate of drug-likeness (QED) is 0.517. The van der Waals surface area contributed by atoms with Crippen LogP contribution in [-0.4, -0.2) is 19.3 Å². The van der Waals surface area contributed by atoms with Gasteiger partial charge in [0.15, 0.2) is 0 Å². The van der Waals surface area contributed by atoms with Crippen LogP contribution in [0.2, 0.25) is 0 Å². The molecule has 1 heterocycles. The second-order valence-corrected chi connectivity index (χ2v) is 9.08. The zero-order valence-corrected chi connectivity index (χ0v) is 18.6. The second kappa shape index (κ2) is 10.2. The summed E-state index contributed by atoms with van der Waals surface area (Å²) in [6.07, 6.45) is 6.49. The number of carbonyl (C=O) groups is 1. The summed E-state index contributed by atoms with van der Waals surface area (Å²) in [4.78, 5) is 16.6. The van der Waals surface area contributed by atoms with Crippen LogP contribution < -0.4 is 10.0 Å². The Hall–Kier alpha value is -3.19. The Kier molecular flexibility index (Phi) is 7.41. The molecule has 6 nitrogen and oxygen atoms in total. The van der Waals surface area contributed by atoms with Crippen molar-refractivity contribution in [3.63, 3.8) is 0 Å². The van der Waals surface area contributed by atoms with Crippen molar-refractivity contribution in [2.45, 2.75) is 44.6 Å². The van der Waals surface area contributed by atoms with E-state index in [2.05, 4.69) is 21.9 Å². The number of pyridine rings is 1. The molecule has 162 valence electrons. The lowest BCUT2D eigenvalue weighted by Gasteiger charge is -2.13. The number of hydrogen-bond donors (Lipinski definition) is 2. The van der Waals surface area contributed by atoms with Crippen LogP contribution in [0.25, 0.3) is 0 Å². The number of hydrogen-bond acceptors (Lipinski definition) is 4. The van der Waals surface area contributed by atoms with E-state index < -0.39 is 10.0 Å². The Bertz CT molecular complexity index is 1130. The molecule has 3 aromatic rings. The number of carbonyl (C=O) groups excluding carboxylic acids is 1. The van der Waals surface area contributed by atoms with Crippen LogP contribution in [0.5, 0.6) is 0 Å². The number of unbranched alkanes of at least 4 members (excludes halogenated alkanes) is 1. The Balaban J connectivity index is 1.74. The molecule has 0 spiro atoms. The molecule has 0 saturated carbocycles. The highest BCUT2D eigenvalue weighted by molar-refractivity contribution is 7.92. The number of aryl methyl sites for hydroxylation is 2. The Morgan fingerprint density at radius 1 is 0.968 bits per heavy atom. The molecule has 0 aliphatic heterocycles. The first kappa shape index (κ1) is 22.5. The van der Waals surface area contributed by atoms with Crippen LogP contribution in [-0.2, 0) is 23.0 Å². The van der Waals surface area contributed by atoms with Crippen LogP contribution >= 0.6 is 0 Å². The van der Waals surface area contributed by atoms with E-state index in [4.69, 9.17) is 0 Å². The maximum Gasteiger partial charge on any atom is 0.262 e. The standard InChI is InChI=1S/C24H27N3O3S/c1-3-4-5-19-7-10-22(11-8-19)27-31(29,30)23-16-21(9-6-18(23)2)24(28)26-17-20-12-14-25-15-13-20/h6-16,27H,3-5,17H2,1-2H3,(H,26,28). The van der Waals surface area contributed by atoms with Crippen LogP contribution in [0.3, 0.4) is 0 Å². The van der Waals surface area contributed by atoms with Gasteiger partial charge in [0.2, 0.25) is 0 Å². The third kappa shape index (κ3) is 6.15. The fourth-order valence-corrected chi connectivity index (χ4v) is 4.48. The third-order valence-corrected chi connectivity index (χ3v) is 6.49. The summed E-state index contributed by atoms with van der Waals surface area (Å²) in [7, 11) is -3.84. The molecule has 0 bridgehead atoms. The average Bonchev–Trinajstić information content (AvgIpc) is 2.77. The molecular weight excluding hydrogens is 410 g/mol. The van der Waals surface area contributed by atoms with Gasteiger partial charge < -0.3 is 5.32 Å². The minimum absolute atomic E-state index is 0.0825. The van der Waals surface area contributed by atoms with Crippen LogP contribution in [0.15, 0.2) is 71.9 Å².